The minimum Gasteiger partial charge on any atom is -0.338 e. The quantitative estimate of drug-likeness (QED) is 0.786. The van der Waals surface area contributed by atoms with E-state index in [1.165, 1.54) is 0 Å². The lowest BCUT2D eigenvalue weighted by atomic mass is 10.1. The molecule has 0 aliphatic carbocycles. The number of aromatic nitrogens is 1. The molecule has 2 heterocycles. The predicted octanol–water partition coefficient (Wildman–Crippen LogP) is 4.12. The smallest absolute Gasteiger partial charge is 0.222 e. The molecule has 134 valence electrons. The Balaban J connectivity index is 1.58. The van der Waals surface area contributed by atoms with Crippen molar-refractivity contribution in [2.24, 2.45) is 0 Å². The van der Waals surface area contributed by atoms with Gasteiger partial charge in [0.25, 0.3) is 0 Å². The highest BCUT2D eigenvalue weighted by Crippen LogP contribution is 2.21. The fourth-order valence-electron chi connectivity index (χ4n) is 3.31. The number of carbonyl (C=O) groups excluding carboxylic acids is 1. The molecule has 0 radical (unpaired) electrons. The Morgan fingerprint density at radius 3 is 2.76 bits per heavy atom. The summed E-state index contributed by atoms with van der Waals surface area (Å²) in [6, 6.07) is 8.17. The number of likely N-dealkylation sites (tertiary alicyclic amines) is 1. The lowest BCUT2D eigenvalue weighted by Gasteiger charge is -2.26. The van der Waals surface area contributed by atoms with Crippen molar-refractivity contribution in [1.29, 1.82) is 0 Å². The number of benzene rings is 1. The molecular formula is C19H24ClN3OS. The van der Waals surface area contributed by atoms with Gasteiger partial charge < -0.3 is 4.90 Å². The van der Waals surface area contributed by atoms with Crippen molar-refractivity contribution < 1.29 is 4.79 Å². The van der Waals surface area contributed by atoms with E-state index >= 15 is 0 Å². The highest BCUT2D eigenvalue weighted by molar-refractivity contribution is 7.09. The van der Waals surface area contributed by atoms with Crippen LogP contribution in [0.15, 0.2) is 29.6 Å². The molecule has 1 unspecified atom stereocenters. The molecule has 0 spiro atoms. The highest BCUT2D eigenvalue weighted by Gasteiger charge is 2.25. The largest absolute Gasteiger partial charge is 0.338 e. The molecule has 0 bridgehead atoms. The first kappa shape index (κ1) is 18.4. The van der Waals surface area contributed by atoms with Crippen LogP contribution in [-0.2, 0) is 17.9 Å². The molecule has 1 amide bonds. The zero-order chi connectivity index (χ0) is 17.8. The van der Waals surface area contributed by atoms with Crippen LogP contribution in [0.4, 0.5) is 0 Å². The van der Waals surface area contributed by atoms with E-state index in [0.29, 0.717) is 19.0 Å². The van der Waals surface area contributed by atoms with Crippen LogP contribution in [0.25, 0.3) is 0 Å². The van der Waals surface area contributed by atoms with Crippen molar-refractivity contribution in [1.82, 2.24) is 14.8 Å². The SMILES string of the molecule is Cc1nc(CN(C)C2CCC(=O)N(Cc3ccc(Cl)cc3)CC2)cs1. The summed E-state index contributed by atoms with van der Waals surface area (Å²) >= 11 is 7.63. The number of rotatable bonds is 5. The van der Waals surface area contributed by atoms with Crippen molar-refractivity contribution in [3.63, 3.8) is 0 Å². The van der Waals surface area contributed by atoms with Crippen LogP contribution in [-0.4, -0.2) is 40.3 Å². The van der Waals surface area contributed by atoms with Crippen molar-refractivity contribution in [3.05, 3.63) is 50.9 Å². The van der Waals surface area contributed by atoms with Gasteiger partial charge in [0.1, 0.15) is 0 Å². The van der Waals surface area contributed by atoms with Crippen LogP contribution >= 0.6 is 22.9 Å². The molecule has 6 heteroatoms. The van der Waals surface area contributed by atoms with Gasteiger partial charge in [-0.05, 0) is 44.5 Å². The van der Waals surface area contributed by atoms with Crippen LogP contribution in [0.5, 0.6) is 0 Å². The molecule has 1 fully saturated rings. The highest BCUT2D eigenvalue weighted by atomic mass is 35.5. The molecule has 4 nitrogen and oxygen atoms in total. The molecule has 0 saturated carbocycles. The van der Waals surface area contributed by atoms with Gasteiger partial charge in [-0.2, -0.15) is 0 Å². The average Bonchev–Trinajstić information content (AvgIpc) is 2.90. The molecular weight excluding hydrogens is 354 g/mol. The van der Waals surface area contributed by atoms with Crippen LogP contribution in [0.1, 0.15) is 35.5 Å². The van der Waals surface area contributed by atoms with E-state index in [4.69, 9.17) is 11.6 Å². The Morgan fingerprint density at radius 2 is 2.08 bits per heavy atom. The summed E-state index contributed by atoms with van der Waals surface area (Å²) in [6.45, 7) is 4.35. The molecule has 1 atom stereocenters. The molecule has 1 aromatic carbocycles. The topological polar surface area (TPSA) is 36.4 Å². The summed E-state index contributed by atoms with van der Waals surface area (Å²) < 4.78 is 0. The number of nitrogens with zero attached hydrogens (tertiary/aromatic N) is 3. The number of aryl methyl sites for hydroxylation is 1. The standard InChI is InChI=1S/C19H24ClN3OS/c1-14-21-17(13-25-14)12-22(2)18-7-8-19(24)23(10-9-18)11-15-3-5-16(20)6-4-15/h3-6,13,18H,7-12H2,1-2H3. The van der Waals surface area contributed by atoms with E-state index in [1.54, 1.807) is 11.3 Å². The number of halogens is 1. The van der Waals surface area contributed by atoms with Gasteiger partial charge in [-0.25, -0.2) is 4.98 Å². The van der Waals surface area contributed by atoms with E-state index in [0.717, 1.165) is 47.2 Å². The molecule has 2 aromatic rings. The van der Waals surface area contributed by atoms with Gasteiger partial charge >= 0.3 is 0 Å². The van der Waals surface area contributed by atoms with Gasteiger partial charge in [-0.15, -0.1) is 11.3 Å². The Kier molecular flexibility index (Phi) is 6.10. The van der Waals surface area contributed by atoms with Crippen molar-refractivity contribution in [3.8, 4) is 0 Å². The fourth-order valence-corrected chi connectivity index (χ4v) is 4.04. The van der Waals surface area contributed by atoms with Crippen molar-refractivity contribution >= 4 is 28.8 Å². The molecule has 25 heavy (non-hydrogen) atoms. The molecule has 3 rings (SSSR count). The summed E-state index contributed by atoms with van der Waals surface area (Å²) in [4.78, 5) is 21.4. The van der Waals surface area contributed by atoms with E-state index in [2.05, 4.69) is 22.3 Å². The zero-order valence-electron chi connectivity index (χ0n) is 14.7. The number of hydrogen-bond acceptors (Lipinski definition) is 4. The van der Waals surface area contributed by atoms with Gasteiger partial charge in [-0.1, -0.05) is 23.7 Å². The van der Waals surface area contributed by atoms with E-state index < -0.39 is 0 Å². The van der Waals surface area contributed by atoms with Crippen LogP contribution in [0.3, 0.4) is 0 Å². The van der Waals surface area contributed by atoms with Crippen LogP contribution in [0, 0.1) is 6.92 Å². The monoisotopic (exact) mass is 377 g/mol. The average molecular weight is 378 g/mol. The van der Waals surface area contributed by atoms with Gasteiger partial charge in [0, 0.05) is 42.5 Å². The predicted molar refractivity (Wildman–Crippen MR) is 103 cm³/mol. The minimum atomic E-state index is 0.246. The van der Waals surface area contributed by atoms with Gasteiger partial charge in [0.05, 0.1) is 10.7 Å². The lowest BCUT2D eigenvalue weighted by Crippen LogP contribution is -2.33. The summed E-state index contributed by atoms with van der Waals surface area (Å²) in [5.41, 5.74) is 2.25. The Bertz CT molecular complexity index is 716. The zero-order valence-corrected chi connectivity index (χ0v) is 16.3. The molecule has 1 aliphatic rings. The first-order chi connectivity index (χ1) is 12.0. The first-order valence-electron chi connectivity index (χ1n) is 8.65. The fraction of sp³-hybridized carbons (Fsp3) is 0.474. The maximum atomic E-state index is 12.5. The summed E-state index contributed by atoms with van der Waals surface area (Å²) in [7, 11) is 2.14. The second-order valence-electron chi connectivity index (χ2n) is 6.70. The third-order valence-corrected chi connectivity index (χ3v) is 5.84. The van der Waals surface area contributed by atoms with E-state index in [-0.39, 0.29) is 5.91 Å². The van der Waals surface area contributed by atoms with Crippen molar-refractivity contribution in [2.75, 3.05) is 13.6 Å². The third kappa shape index (κ3) is 5.03. The second kappa shape index (κ2) is 8.30. The number of amides is 1. The second-order valence-corrected chi connectivity index (χ2v) is 8.19. The van der Waals surface area contributed by atoms with E-state index in [1.807, 2.05) is 36.1 Å². The Hall–Kier alpha value is -1.43. The Morgan fingerprint density at radius 1 is 1.32 bits per heavy atom. The van der Waals surface area contributed by atoms with Gasteiger partial charge in [0.15, 0.2) is 0 Å². The van der Waals surface area contributed by atoms with Gasteiger partial charge in [0.2, 0.25) is 5.91 Å². The summed E-state index contributed by atoms with van der Waals surface area (Å²) in [6.07, 6.45) is 2.52. The molecule has 1 aromatic heterocycles. The number of carbonyl (C=O) groups is 1. The molecule has 1 aliphatic heterocycles. The number of thiazole rings is 1. The third-order valence-electron chi connectivity index (χ3n) is 4.76. The maximum Gasteiger partial charge on any atom is 0.222 e. The maximum absolute atomic E-state index is 12.5. The molecule has 0 N–H and O–H groups in total. The Labute approximate surface area is 158 Å². The summed E-state index contributed by atoms with van der Waals surface area (Å²) in [5, 5.41) is 3.96. The first-order valence-corrected chi connectivity index (χ1v) is 9.90. The lowest BCUT2D eigenvalue weighted by molar-refractivity contribution is -0.131. The minimum absolute atomic E-state index is 0.246. The van der Waals surface area contributed by atoms with E-state index in [9.17, 15) is 4.79 Å². The summed E-state index contributed by atoms with van der Waals surface area (Å²) in [5.74, 6) is 0.246. The number of hydrogen-bond donors (Lipinski definition) is 0. The van der Waals surface area contributed by atoms with Crippen molar-refractivity contribution in [2.45, 2.75) is 45.3 Å². The van der Waals surface area contributed by atoms with Gasteiger partial charge in [-0.3, -0.25) is 9.69 Å². The normalized spacial score (nSPS) is 18.6. The van der Waals surface area contributed by atoms with Crippen LogP contribution < -0.4 is 0 Å². The van der Waals surface area contributed by atoms with Crippen LogP contribution in [0.2, 0.25) is 5.02 Å². The molecule has 1 saturated heterocycles.